The van der Waals surface area contributed by atoms with Gasteiger partial charge in [0.15, 0.2) is 0 Å². The summed E-state index contributed by atoms with van der Waals surface area (Å²) in [6, 6.07) is 1.69. The van der Waals surface area contributed by atoms with Crippen LogP contribution in [0, 0.1) is 13.8 Å². The van der Waals surface area contributed by atoms with Crippen molar-refractivity contribution in [2.24, 2.45) is 0 Å². The van der Waals surface area contributed by atoms with E-state index in [0.29, 0.717) is 5.56 Å². The van der Waals surface area contributed by atoms with E-state index in [4.69, 9.17) is 9.84 Å². The average Bonchev–Trinajstić information content (AvgIpc) is 2.53. The fourth-order valence-corrected chi connectivity index (χ4v) is 2.12. The number of carboxylic acids is 1. The molecule has 1 aromatic carbocycles. The molecule has 1 atom stereocenters. The van der Waals surface area contributed by atoms with Gasteiger partial charge < -0.3 is 9.84 Å². The maximum Gasteiger partial charge on any atom is 0.335 e. The molecule has 0 aliphatic carbocycles. The first kappa shape index (κ1) is 10.0. The monoisotopic (exact) mass is 206 g/mol. The van der Waals surface area contributed by atoms with E-state index in [1.165, 1.54) is 0 Å². The largest absolute Gasteiger partial charge is 0.490 e. The summed E-state index contributed by atoms with van der Waals surface area (Å²) in [7, 11) is 0. The average molecular weight is 206 g/mol. The molecule has 0 radical (unpaired) electrons. The molecule has 15 heavy (non-hydrogen) atoms. The van der Waals surface area contributed by atoms with Crippen LogP contribution in [0.5, 0.6) is 5.75 Å². The molecule has 1 aliphatic heterocycles. The van der Waals surface area contributed by atoms with Gasteiger partial charge in [0, 0.05) is 12.0 Å². The Morgan fingerprint density at radius 3 is 2.80 bits per heavy atom. The number of rotatable bonds is 1. The Kier molecular flexibility index (Phi) is 2.18. The van der Waals surface area contributed by atoms with Crippen molar-refractivity contribution in [2.75, 3.05) is 0 Å². The third-order valence-corrected chi connectivity index (χ3v) is 2.89. The van der Waals surface area contributed by atoms with Crippen molar-refractivity contribution in [3.63, 3.8) is 0 Å². The van der Waals surface area contributed by atoms with Crippen LogP contribution in [0.2, 0.25) is 0 Å². The Morgan fingerprint density at radius 2 is 2.20 bits per heavy atom. The predicted molar refractivity (Wildman–Crippen MR) is 56.7 cm³/mol. The van der Waals surface area contributed by atoms with Gasteiger partial charge in [-0.2, -0.15) is 0 Å². The van der Waals surface area contributed by atoms with Gasteiger partial charge >= 0.3 is 5.97 Å². The third kappa shape index (κ3) is 1.48. The van der Waals surface area contributed by atoms with Gasteiger partial charge in [0.05, 0.1) is 5.56 Å². The summed E-state index contributed by atoms with van der Waals surface area (Å²) >= 11 is 0. The zero-order chi connectivity index (χ0) is 11.2. The lowest BCUT2D eigenvalue weighted by Crippen LogP contribution is -2.05. The molecule has 3 heteroatoms. The Balaban J connectivity index is 2.63. The van der Waals surface area contributed by atoms with Crippen molar-refractivity contribution < 1.29 is 14.6 Å². The molecule has 0 aromatic heterocycles. The van der Waals surface area contributed by atoms with Crippen molar-refractivity contribution in [1.82, 2.24) is 0 Å². The molecule has 0 spiro atoms. The molecular formula is C12H14O3. The number of hydrogen-bond acceptors (Lipinski definition) is 2. The fourth-order valence-electron chi connectivity index (χ4n) is 2.12. The molecule has 0 amide bonds. The minimum Gasteiger partial charge on any atom is -0.490 e. The van der Waals surface area contributed by atoms with Crippen LogP contribution in [0.15, 0.2) is 6.07 Å². The summed E-state index contributed by atoms with van der Waals surface area (Å²) in [5, 5.41) is 9.05. The number of carbonyl (C=O) groups is 1. The molecule has 1 aliphatic rings. The smallest absolute Gasteiger partial charge is 0.335 e. The van der Waals surface area contributed by atoms with Gasteiger partial charge in [-0.25, -0.2) is 4.79 Å². The van der Waals surface area contributed by atoms with Gasteiger partial charge in [0.25, 0.3) is 0 Å². The van der Waals surface area contributed by atoms with Crippen molar-refractivity contribution in [3.05, 3.63) is 28.3 Å². The SMILES string of the molecule is Cc1cc(C(=O)O)c(C)c2c1OC(C)C2. The van der Waals surface area contributed by atoms with Gasteiger partial charge in [-0.3, -0.25) is 0 Å². The molecular weight excluding hydrogens is 192 g/mol. The lowest BCUT2D eigenvalue weighted by Gasteiger charge is -2.09. The molecule has 1 aromatic rings. The highest BCUT2D eigenvalue weighted by Gasteiger charge is 2.25. The quantitative estimate of drug-likeness (QED) is 0.767. The van der Waals surface area contributed by atoms with Crippen LogP contribution < -0.4 is 4.74 Å². The van der Waals surface area contributed by atoms with Crippen LogP contribution in [0.4, 0.5) is 0 Å². The molecule has 1 N–H and O–H groups in total. The van der Waals surface area contributed by atoms with E-state index in [1.54, 1.807) is 6.07 Å². The highest BCUT2D eigenvalue weighted by Crippen LogP contribution is 2.36. The van der Waals surface area contributed by atoms with E-state index < -0.39 is 5.97 Å². The summed E-state index contributed by atoms with van der Waals surface area (Å²) in [4.78, 5) is 11.0. The second kappa shape index (κ2) is 3.26. The van der Waals surface area contributed by atoms with Crippen LogP contribution in [0.25, 0.3) is 0 Å². The van der Waals surface area contributed by atoms with E-state index in [2.05, 4.69) is 0 Å². The minimum absolute atomic E-state index is 0.154. The molecule has 0 saturated heterocycles. The van der Waals surface area contributed by atoms with E-state index in [1.807, 2.05) is 20.8 Å². The molecule has 0 fully saturated rings. The Bertz CT molecular complexity index is 435. The van der Waals surface area contributed by atoms with Crippen molar-refractivity contribution in [3.8, 4) is 5.75 Å². The lowest BCUT2D eigenvalue weighted by atomic mass is 9.96. The maximum absolute atomic E-state index is 11.0. The Morgan fingerprint density at radius 1 is 1.53 bits per heavy atom. The van der Waals surface area contributed by atoms with Gasteiger partial charge in [0.1, 0.15) is 11.9 Å². The van der Waals surface area contributed by atoms with Crippen LogP contribution in [-0.2, 0) is 6.42 Å². The molecule has 1 heterocycles. The van der Waals surface area contributed by atoms with Gasteiger partial charge in [-0.15, -0.1) is 0 Å². The number of aryl methyl sites for hydroxylation is 1. The van der Waals surface area contributed by atoms with Gasteiger partial charge in [0.2, 0.25) is 0 Å². The third-order valence-electron chi connectivity index (χ3n) is 2.89. The first-order valence-electron chi connectivity index (χ1n) is 5.03. The highest BCUT2D eigenvalue weighted by atomic mass is 16.5. The Labute approximate surface area is 88.7 Å². The molecule has 80 valence electrons. The molecule has 3 nitrogen and oxygen atoms in total. The summed E-state index contributed by atoms with van der Waals surface area (Å²) in [5.41, 5.74) is 3.20. The van der Waals surface area contributed by atoms with Gasteiger partial charge in [-0.1, -0.05) is 0 Å². The van der Waals surface area contributed by atoms with E-state index in [-0.39, 0.29) is 6.10 Å². The van der Waals surface area contributed by atoms with Crippen LogP contribution in [-0.4, -0.2) is 17.2 Å². The molecule has 2 rings (SSSR count). The number of carboxylic acid groups (broad SMARTS) is 1. The minimum atomic E-state index is -0.863. The zero-order valence-electron chi connectivity index (χ0n) is 9.13. The predicted octanol–water partition coefficient (Wildman–Crippen LogP) is 2.33. The highest BCUT2D eigenvalue weighted by molar-refractivity contribution is 5.90. The van der Waals surface area contributed by atoms with Crippen LogP contribution in [0.1, 0.15) is 34.0 Å². The number of benzene rings is 1. The number of fused-ring (bicyclic) bond motifs is 1. The first-order valence-corrected chi connectivity index (χ1v) is 5.03. The van der Waals surface area contributed by atoms with Gasteiger partial charge in [-0.05, 0) is 38.0 Å². The topological polar surface area (TPSA) is 46.5 Å². The summed E-state index contributed by atoms with van der Waals surface area (Å²) in [6.45, 7) is 5.74. The van der Waals surface area contributed by atoms with E-state index in [9.17, 15) is 4.79 Å². The fraction of sp³-hybridized carbons (Fsp3) is 0.417. The normalized spacial score (nSPS) is 18.5. The van der Waals surface area contributed by atoms with Crippen molar-refractivity contribution in [2.45, 2.75) is 33.3 Å². The van der Waals surface area contributed by atoms with Crippen LogP contribution in [0.3, 0.4) is 0 Å². The second-order valence-electron chi connectivity index (χ2n) is 4.11. The summed E-state index contributed by atoms with van der Waals surface area (Å²) in [6.07, 6.45) is 0.963. The molecule has 0 bridgehead atoms. The number of aromatic carboxylic acids is 1. The number of hydrogen-bond donors (Lipinski definition) is 1. The Hall–Kier alpha value is -1.51. The van der Waals surface area contributed by atoms with E-state index >= 15 is 0 Å². The summed E-state index contributed by atoms with van der Waals surface area (Å²) < 4.78 is 5.66. The van der Waals surface area contributed by atoms with Crippen molar-refractivity contribution >= 4 is 5.97 Å². The first-order chi connectivity index (χ1) is 7.00. The molecule has 0 saturated carbocycles. The maximum atomic E-state index is 11.0. The van der Waals surface area contributed by atoms with Crippen LogP contribution >= 0.6 is 0 Å². The zero-order valence-corrected chi connectivity index (χ0v) is 9.13. The molecule has 1 unspecified atom stereocenters. The standard InChI is InChI=1S/C12H14O3/c1-6-4-10(12(13)14)8(3)9-5-7(2)15-11(6)9/h4,7H,5H2,1-3H3,(H,13,14). The summed E-state index contributed by atoms with van der Waals surface area (Å²) in [5.74, 6) is 0.0166. The van der Waals surface area contributed by atoms with E-state index in [0.717, 1.165) is 28.9 Å². The lowest BCUT2D eigenvalue weighted by molar-refractivity contribution is 0.0696. The number of ether oxygens (including phenoxy) is 1. The second-order valence-corrected chi connectivity index (χ2v) is 4.11. The van der Waals surface area contributed by atoms with Crippen molar-refractivity contribution in [1.29, 1.82) is 0 Å².